The minimum absolute atomic E-state index is 0.0922. The monoisotopic (exact) mass is 349 g/mol. The van der Waals surface area contributed by atoms with Gasteiger partial charge in [-0.25, -0.2) is 0 Å². The van der Waals surface area contributed by atoms with Crippen molar-refractivity contribution < 1.29 is 14.5 Å². The highest BCUT2D eigenvalue weighted by atomic mass is 79.9. The van der Waals surface area contributed by atoms with E-state index in [-0.39, 0.29) is 22.8 Å². The van der Waals surface area contributed by atoms with Crippen LogP contribution in [0.2, 0.25) is 0 Å². The van der Waals surface area contributed by atoms with E-state index in [4.69, 9.17) is 4.74 Å². The fraction of sp³-hybridized carbons (Fsp3) is 0.133. The molecule has 5 nitrogen and oxygen atoms in total. The molecule has 108 valence electrons. The number of nitro groups is 1. The second kappa shape index (κ2) is 6.05. The minimum atomic E-state index is -0.566. The van der Waals surface area contributed by atoms with Gasteiger partial charge in [0.2, 0.25) is 5.75 Å². The van der Waals surface area contributed by atoms with Gasteiger partial charge in [0.05, 0.1) is 9.40 Å². The summed E-state index contributed by atoms with van der Waals surface area (Å²) in [7, 11) is 0. The van der Waals surface area contributed by atoms with Gasteiger partial charge in [0.1, 0.15) is 5.75 Å². The molecular formula is C15H12BrNO4. The molecule has 21 heavy (non-hydrogen) atoms. The molecule has 0 fully saturated rings. The van der Waals surface area contributed by atoms with E-state index >= 15 is 0 Å². The number of halogens is 1. The van der Waals surface area contributed by atoms with Crippen LogP contribution < -0.4 is 4.74 Å². The van der Waals surface area contributed by atoms with Crippen molar-refractivity contribution in [1.29, 1.82) is 0 Å². The first-order chi connectivity index (χ1) is 9.88. The summed E-state index contributed by atoms with van der Waals surface area (Å²) >= 11 is 3.35. The Morgan fingerprint density at radius 2 is 1.86 bits per heavy atom. The van der Waals surface area contributed by atoms with Crippen molar-refractivity contribution in [2.45, 2.75) is 13.8 Å². The number of carbonyl (C=O) groups is 1. The molecule has 0 N–H and O–H groups in total. The normalized spacial score (nSPS) is 10.2. The van der Waals surface area contributed by atoms with Crippen LogP contribution in [0.4, 0.5) is 5.69 Å². The quantitative estimate of drug-likeness (QED) is 0.457. The molecule has 0 saturated heterocycles. The maximum Gasteiger partial charge on any atom is 0.312 e. The highest BCUT2D eigenvalue weighted by molar-refractivity contribution is 9.10. The number of nitrogens with zero attached hydrogens (tertiary/aromatic N) is 1. The van der Waals surface area contributed by atoms with Crippen LogP contribution in [-0.4, -0.2) is 10.7 Å². The second-order valence-electron chi connectivity index (χ2n) is 4.53. The summed E-state index contributed by atoms with van der Waals surface area (Å²) in [5, 5.41) is 11.1. The predicted molar refractivity (Wildman–Crippen MR) is 82.1 cm³/mol. The first-order valence-corrected chi connectivity index (χ1v) is 6.91. The first kappa shape index (κ1) is 15.2. The molecule has 0 aliphatic rings. The summed E-state index contributed by atoms with van der Waals surface area (Å²) in [6.45, 7) is 3.29. The van der Waals surface area contributed by atoms with Gasteiger partial charge in [0.25, 0.3) is 0 Å². The van der Waals surface area contributed by atoms with E-state index in [9.17, 15) is 14.9 Å². The Morgan fingerprint density at radius 3 is 2.43 bits per heavy atom. The summed E-state index contributed by atoms with van der Waals surface area (Å²) in [4.78, 5) is 21.9. The van der Waals surface area contributed by atoms with E-state index < -0.39 is 4.92 Å². The van der Waals surface area contributed by atoms with Crippen LogP contribution in [0.1, 0.15) is 22.8 Å². The van der Waals surface area contributed by atoms with Gasteiger partial charge in [0.15, 0.2) is 5.78 Å². The highest BCUT2D eigenvalue weighted by Crippen LogP contribution is 2.35. The van der Waals surface area contributed by atoms with Gasteiger partial charge < -0.3 is 4.74 Å². The SMILES string of the molecule is CC(=O)c1ccc(Oc2ccc(C)cc2Br)c([N+](=O)[O-])c1. The Morgan fingerprint density at radius 1 is 1.19 bits per heavy atom. The second-order valence-corrected chi connectivity index (χ2v) is 5.39. The lowest BCUT2D eigenvalue weighted by atomic mass is 10.1. The fourth-order valence-corrected chi connectivity index (χ4v) is 2.35. The Bertz CT molecular complexity index is 728. The summed E-state index contributed by atoms with van der Waals surface area (Å²) < 4.78 is 6.29. The molecule has 0 atom stereocenters. The number of hydrogen-bond acceptors (Lipinski definition) is 4. The Labute approximate surface area is 129 Å². The molecule has 0 saturated carbocycles. The zero-order valence-electron chi connectivity index (χ0n) is 11.4. The Hall–Kier alpha value is -2.21. The number of ketones is 1. The molecule has 0 aliphatic carbocycles. The van der Waals surface area contributed by atoms with E-state index in [1.165, 1.54) is 25.1 Å². The summed E-state index contributed by atoms with van der Waals surface area (Å²) in [6.07, 6.45) is 0. The van der Waals surface area contributed by atoms with E-state index in [1.807, 2.05) is 19.1 Å². The molecule has 0 radical (unpaired) electrons. The first-order valence-electron chi connectivity index (χ1n) is 6.12. The number of hydrogen-bond donors (Lipinski definition) is 0. The van der Waals surface area contributed by atoms with Crippen LogP contribution in [0.25, 0.3) is 0 Å². The lowest BCUT2D eigenvalue weighted by molar-refractivity contribution is -0.385. The van der Waals surface area contributed by atoms with Crippen molar-refractivity contribution in [3.05, 3.63) is 62.1 Å². The maximum atomic E-state index is 11.3. The predicted octanol–water partition coefficient (Wildman–Crippen LogP) is 4.66. The Balaban J connectivity index is 2.44. The molecule has 0 heterocycles. The average Bonchev–Trinajstić information content (AvgIpc) is 2.41. The van der Waals surface area contributed by atoms with Gasteiger partial charge in [-0.2, -0.15) is 0 Å². The van der Waals surface area contributed by atoms with E-state index in [1.54, 1.807) is 6.07 Å². The number of carbonyl (C=O) groups excluding carboxylic acids is 1. The number of benzene rings is 2. The molecule has 0 aromatic heterocycles. The van der Waals surface area contributed by atoms with Crippen molar-refractivity contribution in [3.63, 3.8) is 0 Å². The number of aryl methyl sites for hydroxylation is 1. The largest absolute Gasteiger partial charge is 0.449 e. The van der Waals surface area contributed by atoms with E-state index in [2.05, 4.69) is 15.9 Å². The summed E-state index contributed by atoms with van der Waals surface area (Å²) in [5.74, 6) is 0.329. The van der Waals surface area contributed by atoms with Crippen molar-refractivity contribution >= 4 is 27.4 Å². The third-order valence-electron chi connectivity index (χ3n) is 2.87. The van der Waals surface area contributed by atoms with Gasteiger partial charge >= 0.3 is 5.69 Å². The molecule has 0 bridgehead atoms. The van der Waals surface area contributed by atoms with E-state index in [0.717, 1.165) is 5.56 Å². The molecule has 2 aromatic rings. The average molecular weight is 350 g/mol. The fourth-order valence-electron chi connectivity index (χ4n) is 1.77. The van der Waals surface area contributed by atoms with Gasteiger partial charge in [-0.3, -0.25) is 14.9 Å². The minimum Gasteiger partial charge on any atom is -0.449 e. The van der Waals surface area contributed by atoms with Crippen molar-refractivity contribution in [1.82, 2.24) is 0 Å². The van der Waals surface area contributed by atoms with E-state index in [0.29, 0.717) is 10.2 Å². The topological polar surface area (TPSA) is 69.4 Å². The zero-order chi connectivity index (χ0) is 15.6. The van der Waals surface area contributed by atoms with Gasteiger partial charge in [-0.15, -0.1) is 0 Å². The van der Waals surface area contributed by atoms with Crippen molar-refractivity contribution in [2.24, 2.45) is 0 Å². The van der Waals surface area contributed by atoms with Crippen molar-refractivity contribution in [3.8, 4) is 11.5 Å². The smallest absolute Gasteiger partial charge is 0.312 e. The van der Waals surface area contributed by atoms with Crippen molar-refractivity contribution in [2.75, 3.05) is 0 Å². The summed E-state index contributed by atoms with van der Waals surface area (Å²) in [5.41, 5.74) is 1.07. The number of rotatable bonds is 4. The van der Waals surface area contributed by atoms with Crippen LogP contribution >= 0.6 is 15.9 Å². The standard InChI is InChI=1S/C15H12BrNO4/c1-9-3-5-14(12(16)7-9)21-15-6-4-11(10(2)18)8-13(15)17(19)20/h3-8H,1-2H3. The molecular weight excluding hydrogens is 338 g/mol. The molecule has 6 heteroatoms. The van der Waals surface area contributed by atoms with Crippen LogP contribution in [0.3, 0.4) is 0 Å². The number of Topliss-reactive ketones (excluding diaryl/α,β-unsaturated/α-hetero) is 1. The van der Waals surface area contributed by atoms with Crippen LogP contribution in [0, 0.1) is 17.0 Å². The van der Waals surface area contributed by atoms with Crippen LogP contribution in [0.15, 0.2) is 40.9 Å². The van der Waals surface area contributed by atoms with Gasteiger partial charge in [-0.05, 0) is 59.6 Å². The van der Waals surface area contributed by atoms with Crippen LogP contribution in [-0.2, 0) is 0 Å². The van der Waals surface area contributed by atoms with Crippen LogP contribution in [0.5, 0.6) is 11.5 Å². The highest BCUT2D eigenvalue weighted by Gasteiger charge is 2.18. The Kier molecular flexibility index (Phi) is 4.37. The third kappa shape index (κ3) is 3.46. The van der Waals surface area contributed by atoms with Gasteiger partial charge in [-0.1, -0.05) is 6.07 Å². The number of nitro benzene ring substituents is 1. The lowest BCUT2D eigenvalue weighted by Crippen LogP contribution is -1.98. The number of ether oxygens (including phenoxy) is 1. The molecule has 0 amide bonds. The van der Waals surface area contributed by atoms with Gasteiger partial charge in [0, 0.05) is 11.6 Å². The molecule has 2 aromatic carbocycles. The zero-order valence-corrected chi connectivity index (χ0v) is 13.0. The molecule has 0 spiro atoms. The maximum absolute atomic E-state index is 11.3. The molecule has 0 aliphatic heterocycles. The molecule has 2 rings (SSSR count). The third-order valence-corrected chi connectivity index (χ3v) is 3.49. The lowest BCUT2D eigenvalue weighted by Gasteiger charge is -2.09. The summed E-state index contributed by atoms with van der Waals surface area (Å²) in [6, 6.07) is 9.58. The molecule has 0 unspecified atom stereocenters.